The van der Waals surface area contributed by atoms with Gasteiger partial charge < -0.3 is 4.84 Å². The highest BCUT2D eigenvalue weighted by molar-refractivity contribution is 7.89. The minimum Gasteiger partial charge on any atom is -0.390 e. The SMILES string of the molecule is CN(C)S(=O)(=O)c1ccc2nnn(OCc3ccc(F)cc3)c2c1. The fourth-order valence-corrected chi connectivity index (χ4v) is 2.98. The minimum absolute atomic E-state index is 0.119. The Morgan fingerprint density at radius 1 is 1.17 bits per heavy atom. The lowest BCUT2D eigenvalue weighted by Gasteiger charge is -2.11. The highest BCUT2D eigenvalue weighted by Gasteiger charge is 2.19. The van der Waals surface area contributed by atoms with Gasteiger partial charge in [0.1, 0.15) is 23.5 Å². The molecule has 0 spiro atoms. The van der Waals surface area contributed by atoms with Crippen molar-refractivity contribution >= 4 is 21.1 Å². The first-order valence-electron chi connectivity index (χ1n) is 7.03. The summed E-state index contributed by atoms with van der Waals surface area (Å²) in [7, 11) is -0.651. The van der Waals surface area contributed by atoms with Crippen LogP contribution in [-0.2, 0) is 16.6 Å². The summed E-state index contributed by atoms with van der Waals surface area (Å²) in [5.41, 5.74) is 1.68. The molecule has 9 heteroatoms. The first-order chi connectivity index (χ1) is 11.4. The van der Waals surface area contributed by atoms with Crippen molar-refractivity contribution < 1.29 is 17.6 Å². The molecule has 2 aromatic carbocycles. The Morgan fingerprint density at radius 3 is 2.54 bits per heavy atom. The average Bonchev–Trinajstić information content (AvgIpc) is 2.96. The number of nitrogens with zero attached hydrogens (tertiary/aromatic N) is 4. The maximum absolute atomic E-state index is 12.9. The van der Waals surface area contributed by atoms with Crippen LogP contribution in [0.2, 0.25) is 0 Å². The summed E-state index contributed by atoms with van der Waals surface area (Å²) in [6, 6.07) is 10.3. The van der Waals surface area contributed by atoms with Gasteiger partial charge in [0.15, 0.2) is 0 Å². The molecule has 0 unspecified atom stereocenters. The van der Waals surface area contributed by atoms with Crippen molar-refractivity contribution in [3.8, 4) is 0 Å². The van der Waals surface area contributed by atoms with E-state index in [9.17, 15) is 12.8 Å². The second kappa shape index (κ2) is 6.17. The molecule has 3 rings (SSSR count). The van der Waals surface area contributed by atoms with Crippen molar-refractivity contribution in [3.63, 3.8) is 0 Å². The zero-order valence-electron chi connectivity index (χ0n) is 13.0. The second-order valence-corrected chi connectivity index (χ2v) is 7.45. The normalized spacial score (nSPS) is 12.0. The van der Waals surface area contributed by atoms with Crippen molar-refractivity contribution in [2.45, 2.75) is 11.5 Å². The largest absolute Gasteiger partial charge is 0.390 e. The highest BCUT2D eigenvalue weighted by atomic mass is 32.2. The fourth-order valence-electron chi connectivity index (χ4n) is 2.06. The van der Waals surface area contributed by atoms with Crippen LogP contribution in [0.5, 0.6) is 0 Å². The molecule has 0 radical (unpaired) electrons. The molecule has 7 nitrogen and oxygen atoms in total. The molecular weight excluding hydrogens is 335 g/mol. The Morgan fingerprint density at radius 2 is 1.88 bits per heavy atom. The van der Waals surface area contributed by atoms with Crippen molar-refractivity contribution in [2.75, 3.05) is 14.1 Å². The first kappa shape index (κ1) is 16.3. The van der Waals surface area contributed by atoms with Crippen LogP contribution in [-0.4, -0.2) is 42.0 Å². The molecule has 0 aliphatic carbocycles. The van der Waals surface area contributed by atoms with Crippen LogP contribution < -0.4 is 4.84 Å². The molecule has 0 bridgehead atoms. The molecule has 0 N–H and O–H groups in total. The van der Waals surface area contributed by atoms with Gasteiger partial charge in [-0.15, -0.1) is 5.10 Å². The molecule has 1 heterocycles. The monoisotopic (exact) mass is 350 g/mol. The fraction of sp³-hybridized carbons (Fsp3) is 0.200. The lowest BCUT2D eigenvalue weighted by Crippen LogP contribution is -2.22. The van der Waals surface area contributed by atoms with E-state index < -0.39 is 10.0 Å². The maximum atomic E-state index is 12.9. The number of aromatic nitrogens is 3. The van der Waals surface area contributed by atoms with Gasteiger partial charge in [0, 0.05) is 14.1 Å². The van der Waals surface area contributed by atoms with Gasteiger partial charge in [0.2, 0.25) is 10.0 Å². The number of sulfonamides is 1. The zero-order chi connectivity index (χ0) is 17.3. The number of rotatable bonds is 5. The first-order valence-corrected chi connectivity index (χ1v) is 8.47. The molecule has 3 aromatic rings. The lowest BCUT2D eigenvalue weighted by atomic mass is 10.2. The smallest absolute Gasteiger partial charge is 0.242 e. The Hall–Kier alpha value is -2.52. The van der Waals surface area contributed by atoms with E-state index in [0.717, 1.165) is 14.7 Å². The third kappa shape index (κ3) is 3.08. The van der Waals surface area contributed by atoms with E-state index in [-0.39, 0.29) is 17.3 Å². The Balaban J connectivity index is 1.90. The molecule has 0 atom stereocenters. The molecule has 0 amide bonds. The second-order valence-electron chi connectivity index (χ2n) is 5.30. The summed E-state index contributed by atoms with van der Waals surface area (Å²) in [6.07, 6.45) is 0. The standard InChI is InChI=1S/C15H15FN4O3S/c1-19(2)24(21,22)13-7-8-14-15(9-13)20(18-17-14)23-10-11-3-5-12(16)6-4-11/h3-9H,10H2,1-2H3. The van der Waals surface area contributed by atoms with Gasteiger partial charge in [-0.25, -0.2) is 17.1 Å². The van der Waals surface area contributed by atoms with Crippen LogP contribution in [0.1, 0.15) is 5.56 Å². The van der Waals surface area contributed by atoms with Gasteiger partial charge in [-0.1, -0.05) is 17.0 Å². The van der Waals surface area contributed by atoms with E-state index in [2.05, 4.69) is 10.3 Å². The molecule has 0 fully saturated rings. The van der Waals surface area contributed by atoms with Gasteiger partial charge in [-0.2, -0.15) is 0 Å². The van der Waals surface area contributed by atoms with Gasteiger partial charge in [-0.3, -0.25) is 0 Å². The molecule has 0 aliphatic rings. The zero-order valence-corrected chi connectivity index (χ0v) is 13.9. The number of hydrogen-bond acceptors (Lipinski definition) is 5. The molecule has 0 aliphatic heterocycles. The van der Waals surface area contributed by atoms with E-state index in [4.69, 9.17) is 4.84 Å². The topological polar surface area (TPSA) is 77.3 Å². The number of hydrogen-bond donors (Lipinski definition) is 0. The van der Waals surface area contributed by atoms with E-state index in [1.807, 2.05) is 0 Å². The third-order valence-corrected chi connectivity index (χ3v) is 5.24. The Bertz CT molecular complexity index is 968. The summed E-state index contributed by atoms with van der Waals surface area (Å²) in [5.74, 6) is -0.330. The third-order valence-electron chi connectivity index (χ3n) is 3.43. The molecule has 0 saturated heterocycles. The Labute approximate surface area is 138 Å². The predicted molar refractivity (Wildman–Crippen MR) is 85.1 cm³/mol. The van der Waals surface area contributed by atoms with Crippen molar-refractivity contribution in [3.05, 3.63) is 53.8 Å². The van der Waals surface area contributed by atoms with E-state index in [1.54, 1.807) is 18.2 Å². The number of benzene rings is 2. The summed E-state index contributed by atoms with van der Waals surface area (Å²) >= 11 is 0. The van der Waals surface area contributed by atoms with Crippen molar-refractivity contribution in [2.24, 2.45) is 0 Å². The van der Waals surface area contributed by atoms with Crippen LogP contribution in [0.3, 0.4) is 0 Å². The average molecular weight is 350 g/mol. The minimum atomic E-state index is -3.57. The lowest BCUT2D eigenvalue weighted by molar-refractivity contribution is 0.0751. The quantitative estimate of drug-likeness (QED) is 0.696. The van der Waals surface area contributed by atoms with E-state index in [1.165, 1.54) is 38.4 Å². The van der Waals surface area contributed by atoms with Crippen LogP contribution in [0, 0.1) is 5.82 Å². The molecule has 1 aromatic heterocycles. The summed E-state index contributed by atoms with van der Waals surface area (Å²) in [6.45, 7) is 0.142. The van der Waals surface area contributed by atoms with Gasteiger partial charge in [0.25, 0.3) is 0 Å². The predicted octanol–water partition coefficient (Wildman–Crippen LogP) is 1.45. The van der Waals surface area contributed by atoms with Crippen LogP contribution >= 0.6 is 0 Å². The highest BCUT2D eigenvalue weighted by Crippen LogP contribution is 2.19. The molecule has 24 heavy (non-hydrogen) atoms. The maximum Gasteiger partial charge on any atom is 0.242 e. The molecule has 126 valence electrons. The van der Waals surface area contributed by atoms with E-state index >= 15 is 0 Å². The number of fused-ring (bicyclic) bond motifs is 1. The van der Waals surface area contributed by atoms with Crippen molar-refractivity contribution in [1.82, 2.24) is 19.5 Å². The van der Waals surface area contributed by atoms with Crippen molar-refractivity contribution in [1.29, 1.82) is 0 Å². The van der Waals surface area contributed by atoms with Crippen LogP contribution in [0.25, 0.3) is 11.0 Å². The summed E-state index contributed by atoms with van der Waals surface area (Å²) in [5, 5.41) is 7.79. The molecule has 0 saturated carbocycles. The number of halogens is 1. The Kier molecular flexibility index (Phi) is 4.20. The van der Waals surface area contributed by atoms with Gasteiger partial charge >= 0.3 is 0 Å². The van der Waals surface area contributed by atoms with Crippen LogP contribution in [0.15, 0.2) is 47.4 Å². The van der Waals surface area contributed by atoms with Crippen LogP contribution in [0.4, 0.5) is 4.39 Å². The molecular formula is C15H15FN4O3S. The van der Waals surface area contributed by atoms with Gasteiger partial charge in [-0.05, 0) is 41.1 Å². The summed E-state index contributed by atoms with van der Waals surface area (Å²) in [4.78, 5) is 6.80. The summed E-state index contributed by atoms with van der Waals surface area (Å²) < 4.78 is 38.5. The van der Waals surface area contributed by atoms with Gasteiger partial charge in [0.05, 0.1) is 4.90 Å². The van der Waals surface area contributed by atoms with E-state index in [0.29, 0.717) is 11.0 Å².